The smallest absolute Gasteiger partial charge is 0.00368 e. The van der Waals surface area contributed by atoms with Gasteiger partial charge in [-0.25, -0.2) is 0 Å². The van der Waals surface area contributed by atoms with Gasteiger partial charge in [0.1, 0.15) is 0 Å². The minimum atomic E-state index is 0. The first-order valence-electron chi connectivity index (χ1n) is 3.97. The molecule has 0 aliphatic heterocycles. The zero-order valence-corrected chi connectivity index (χ0v) is 10.5. The van der Waals surface area contributed by atoms with Gasteiger partial charge in [-0.15, -0.1) is 37.2 Å². The number of hydrogen-bond donors (Lipinski definition) is 3. The molecule has 86 valence electrons. The summed E-state index contributed by atoms with van der Waals surface area (Å²) in [6.45, 7) is 4.04. The third kappa shape index (κ3) is 24.5. The van der Waals surface area contributed by atoms with Crippen LogP contribution in [0.4, 0.5) is 0 Å². The van der Waals surface area contributed by atoms with Crippen LogP contribution in [0.15, 0.2) is 0 Å². The molecule has 13 heavy (non-hydrogen) atoms. The van der Waals surface area contributed by atoms with Gasteiger partial charge in [0, 0.05) is 0 Å². The Hall–Kier alpha value is 0.750. The van der Waals surface area contributed by atoms with Gasteiger partial charge in [0.15, 0.2) is 0 Å². The van der Waals surface area contributed by atoms with E-state index in [1.165, 1.54) is 6.42 Å². The van der Waals surface area contributed by atoms with E-state index in [9.17, 15) is 0 Å². The Morgan fingerprint density at radius 3 is 1.92 bits per heavy atom. The highest BCUT2D eigenvalue weighted by Crippen LogP contribution is 1.73. The molecule has 6 heteroatoms. The fourth-order valence-corrected chi connectivity index (χ4v) is 0.742. The molecule has 0 atom stereocenters. The van der Waals surface area contributed by atoms with E-state index in [0.717, 1.165) is 32.6 Å². The molecule has 0 amide bonds. The molecule has 4 N–H and O–H groups in total. The van der Waals surface area contributed by atoms with E-state index < -0.39 is 0 Å². The highest BCUT2D eigenvalue weighted by atomic mass is 35.5. The van der Waals surface area contributed by atoms with Crippen LogP contribution < -0.4 is 16.4 Å². The second-order valence-corrected chi connectivity index (χ2v) is 2.35. The normalized spacial score (nSPS) is 7.85. The van der Waals surface area contributed by atoms with Crippen molar-refractivity contribution in [3.63, 3.8) is 0 Å². The highest BCUT2D eigenvalue weighted by Gasteiger charge is 1.84. The van der Waals surface area contributed by atoms with Gasteiger partial charge >= 0.3 is 0 Å². The Kier molecular flexibility index (Phi) is 41.6. The van der Waals surface area contributed by atoms with Crippen molar-refractivity contribution in [2.45, 2.75) is 12.8 Å². The minimum Gasteiger partial charge on any atom is -0.330 e. The number of rotatable bonds is 7. The number of hydrogen-bond acceptors (Lipinski definition) is 3. The van der Waals surface area contributed by atoms with E-state index in [-0.39, 0.29) is 37.2 Å². The van der Waals surface area contributed by atoms with Crippen LogP contribution in [-0.4, -0.2) is 33.2 Å². The Balaban J connectivity index is -0.000000135. The Morgan fingerprint density at radius 1 is 0.923 bits per heavy atom. The van der Waals surface area contributed by atoms with E-state index in [2.05, 4.69) is 10.6 Å². The largest absolute Gasteiger partial charge is 0.330 e. The van der Waals surface area contributed by atoms with Crippen molar-refractivity contribution < 1.29 is 0 Å². The van der Waals surface area contributed by atoms with Crippen molar-refractivity contribution in [1.29, 1.82) is 0 Å². The minimum absolute atomic E-state index is 0. The molecule has 0 saturated carbocycles. The van der Waals surface area contributed by atoms with E-state index >= 15 is 0 Å². The second-order valence-electron chi connectivity index (χ2n) is 2.35. The van der Waals surface area contributed by atoms with Gasteiger partial charge in [-0.3, -0.25) is 0 Å². The number of halogens is 3. The molecule has 0 aromatic carbocycles. The number of nitrogens with two attached hydrogens (primary N) is 1. The summed E-state index contributed by atoms with van der Waals surface area (Å²) in [5, 5.41) is 6.40. The van der Waals surface area contributed by atoms with Crippen LogP contribution in [0.2, 0.25) is 0 Å². The standard InChI is InChI=1S/C7H19N3.3ClH/c1-9-5-3-7-10-6-2-4-8;;;/h9-10H,2-8H2,1H3;3*1H. The zero-order valence-electron chi connectivity index (χ0n) is 8.04. The van der Waals surface area contributed by atoms with Crippen molar-refractivity contribution in [3.8, 4) is 0 Å². The molecule has 0 aliphatic rings. The molecule has 0 rings (SSSR count). The van der Waals surface area contributed by atoms with E-state index in [4.69, 9.17) is 5.73 Å². The molecule has 0 aromatic rings. The maximum atomic E-state index is 5.32. The maximum Gasteiger partial charge on any atom is -0.00368 e. The first-order chi connectivity index (χ1) is 4.91. The van der Waals surface area contributed by atoms with Gasteiger partial charge in [-0.05, 0) is 46.1 Å². The maximum absolute atomic E-state index is 5.32. The van der Waals surface area contributed by atoms with Gasteiger partial charge in [-0.2, -0.15) is 0 Å². The van der Waals surface area contributed by atoms with Crippen LogP contribution in [0.25, 0.3) is 0 Å². The lowest BCUT2D eigenvalue weighted by Gasteiger charge is -2.01. The summed E-state index contributed by atoms with van der Waals surface area (Å²) in [4.78, 5) is 0. The summed E-state index contributed by atoms with van der Waals surface area (Å²) in [6, 6.07) is 0. The third-order valence-corrected chi connectivity index (χ3v) is 1.34. The Bertz CT molecular complexity index is 58.9. The van der Waals surface area contributed by atoms with Crippen LogP contribution in [0.3, 0.4) is 0 Å². The summed E-state index contributed by atoms with van der Waals surface area (Å²) < 4.78 is 0. The lowest BCUT2D eigenvalue weighted by atomic mass is 10.4. The molecule has 0 heterocycles. The van der Waals surface area contributed by atoms with Crippen molar-refractivity contribution >= 4 is 37.2 Å². The van der Waals surface area contributed by atoms with E-state index in [0.29, 0.717) is 0 Å². The summed E-state index contributed by atoms with van der Waals surface area (Å²) in [6.07, 6.45) is 2.28. The van der Waals surface area contributed by atoms with Crippen molar-refractivity contribution in [2.75, 3.05) is 33.2 Å². The predicted molar refractivity (Wildman–Crippen MR) is 66.8 cm³/mol. The number of nitrogens with one attached hydrogen (secondary N) is 2. The average Bonchev–Trinajstić information content (AvgIpc) is 1.97. The molecule has 0 aliphatic carbocycles. The predicted octanol–water partition coefficient (Wildman–Crippen LogP) is 0.800. The van der Waals surface area contributed by atoms with Crippen LogP contribution in [-0.2, 0) is 0 Å². The monoisotopic (exact) mass is 253 g/mol. The Labute approximate surface area is 99.8 Å². The van der Waals surface area contributed by atoms with Crippen molar-refractivity contribution in [3.05, 3.63) is 0 Å². The van der Waals surface area contributed by atoms with Crippen LogP contribution in [0, 0.1) is 0 Å². The molecule has 3 nitrogen and oxygen atoms in total. The van der Waals surface area contributed by atoms with E-state index in [1.807, 2.05) is 7.05 Å². The molecular weight excluding hydrogens is 232 g/mol. The zero-order chi connectivity index (χ0) is 7.66. The van der Waals surface area contributed by atoms with Crippen molar-refractivity contribution in [1.82, 2.24) is 10.6 Å². The van der Waals surface area contributed by atoms with Crippen LogP contribution in [0.5, 0.6) is 0 Å². The molecule has 0 fully saturated rings. The lowest BCUT2D eigenvalue weighted by molar-refractivity contribution is 0.610. The van der Waals surface area contributed by atoms with Crippen LogP contribution >= 0.6 is 37.2 Å². The van der Waals surface area contributed by atoms with Crippen molar-refractivity contribution in [2.24, 2.45) is 5.73 Å². The first kappa shape index (κ1) is 23.5. The van der Waals surface area contributed by atoms with Gasteiger partial charge in [-0.1, -0.05) is 0 Å². The molecule has 0 radical (unpaired) electrons. The summed E-state index contributed by atoms with van der Waals surface area (Å²) in [5.74, 6) is 0. The van der Waals surface area contributed by atoms with Gasteiger partial charge in [0.2, 0.25) is 0 Å². The fraction of sp³-hybridized carbons (Fsp3) is 1.00. The molecule has 0 bridgehead atoms. The Morgan fingerprint density at radius 2 is 1.46 bits per heavy atom. The summed E-state index contributed by atoms with van der Waals surface area (Å²) >= 11 is 0. The van der Waals surface area contributed by atoms with Gasteiger partial charge in [0.25, 0.3) is 0 Å². The molecule has 0 spiro atoms. The second kappa shape index (κ2) is 23.0. The van der Waals surface area contributed by atoms with Gasteiger partial charge in [0.05, 0.1) is 0 Å². The topological polar surface area (TPSA) is 50.1 Å². The van der Waals surface area contributed by atoms with Gasteiger partial charge < -0.3 is 16.4 Å². The molecular formula is C7H22Cl3N3. The molecule has 0 aromatic heterocycles. The highest BCUT2D eigenvalue weighted by molar-refractivity contribution is 5.86. The summed E-state index contributed by atoms with van der Waals surface area (Å²) in [5.41, 5.74) is 5.32. The van der Waals surface area contributed by atoms with E-state index in [1.54, 1.807) is 0 Å². The average molecular weight is 255 g/mol. The molecule has 0 unspecified atom stereocenters. The SMILES string of the molecule is CNCCCNCCCN.Cl.Cl.Cl. The lowest BCUT2D eigenvalue weighted by Crippen LogP contribution is -2.22. The third-order valence-electron chi connectivity index (χ3n) is 1.34. The summed E-state index contributed by atoms with van der Waals surface area (Å²) in [7, 11) is 1.97. The fourth-order valence-electron chi connectivity index (χ4n) is 0.742. The first-order valence-corrected chi connectivity index (χ1v) is 3.97. The molecule has 0 saturated heterocycles. The van der Waals surface area contributed by atoms with Crippen LogP contribution in [0.1, 0.15) is 12.8 Å². The quantitative estimate of drug-likeness (QED) is 0.589.